The lowest BCUT2D eigenvalue weighted by atomic mass is 9.97. The summed E-state index contributed by atoms with van der Waals surface area (Å²) in [5.41, 5.74) is 1.35. The molecule has 0 aromatic carbocycles. The van der Waals surface area contributed by atoms with Crippen molar-refractivity contribution in [3.8, 4) is 0 Å². The predicted octanol–water partition coefficient (Wildman–Crippen LogP) is 3.31. The van der Waals surface area contributed by atoms with Gasteiger partial charge in [-0.15, -0.1) is 0 Å². The molecule has 18 heavy (non-hydrogen) atoms. The number of aromatic nitrogens is 1. The van der Waals surface area contributed by atoms with Gasteiger partial charge in [0.1, 0.15) is 5.82 Å². The smallest absolute Gasteiger partial charge is 0.125 e. The summed E-state index contributed by atoms with van der Waals surface area (Å²) in [6.07, 6.45) is 5.96. The Morgan fingerprint density at radius 3 is 2.83 bits per heavy atom. The summed E-state index contributed by atoms with van der Waals surface area (Å²) in [5, 5.41) is 3.36. The zero-order valence-corrected chi connectivity index (χ0v) is 11.8. The van der Waals surface area contributed by atoms with Gasteiger partial charge in [0.05, 0.1) is 0 Å². The lowest BCUT2D eigenvalue weighted by Gasteiger charge is -2.32. The second kappa shape index (κ2) is 6.19. The predicted molar refractivity (Wildman–Crippen MR) is 76.8 cm³/mol. The van der Waals surface area contributed by atoms with Crippen molar-refractivity contribution in [3.05, 3.63) is 23.9 Å². The molecule has 0 bridgehead atoms. The van der Waals surface area contributed by atoms with Gasteiger partial charge in [-0.3, -0.25) is 4.90 Å². The topological polar surface area (TPSA) is 28.2 Å². The molecule has 1 aliphatic heterocycles. The third-order valence-electron chi connectivity index (χ3n) is 3.63. The highest BCUT2D eigenvalue weighted by Gasteiger charge is 2.20. The quantitative estimate of drug-likeness (QED) is 0.884. The highest BCUT2D eigenvalue weighted by molar-refractivity contribution is 5.36. The first-order valence-electron chi connectivity index (χ1n) is 7.07. The fourth-order valence-electron chi connectivity index (χ4n) is 2.51. The summed E-state index contributed by atoms with van der Waals surface area (Å²) in [4.78, 5) is 6.97. The molecule has 1 aromatic heterocycles. The Kier molecular flexibility index (Phi) is 4.59. The van der Waals surface area contributed by atoms with E-state index in [9.17, 15) is 0 Å². The Morgan fingerprint density at radius 1 is 1.39 bits per heavy atom. The van der Waals surface area contributed by atoms with Gasteiger partial charge in [0, 0.05) is 18.8 Å². The summed E-state index contributed by atoms with van der Waals surface area (Å²) >= 11 is 0. The SMILES string of the molecule is CC(C)CNc1ccc([C@H]2CCCCN2C)cn1. The van der Waals surface area contributed by atoms with E-state index in [-0.39, 0.29) is 0 Å². The molecule has 1 saturated heterocycles. The molecule has 1 fully saturated rings. The molecule has 0 saturated carbocycles. The maximum atomic E-state index is 4.52. The fraction of sp³-hybridized carbons (Fsp3) is 0.667. The third-order valence-corrected chi connectivity index (χ3v) is 3.63. The second-order valence-electron chi connectivity index (χ2n) is 5.74. The van der Waals surface area contributed by atoms with E-state index in [1.54, 1.807) is 0 Å². The van der Waals surface area contributed by atoms with Gasteiger partial charge in [-0.1, -0.05) is 26.3 Å². The number of hydrogen-bond donors (Lipinski definition) is 1. The van der Waals surface area contributed by atoms with Crippen LogP contribution >= 0.6 is 0 Å². The number of pyridine rings is 1. The second-order valence-corrected chi connectivity index (χ2v) is 5.74. The summed E-state index contributed by atoms with van der Waals surface area (Å²) < 4.78 is 0. The molecule has 0 unspecified atom stereocenters. The molecular formula is C15H25N3. The molecule has 0 amide bonds. The Hall–Kier alpha value is -1.09. The zero-order chi connectivity index (χ0) is 13.0. The van der Waals surface area contributed by atoms with Crippen molar-refractivity contribution in [2.75, 3.05) is 25.5 Å². The molecule has 100 valence electrons. The van der Waals surface area contributed by atoms with Crippen LogP contribution in [0.2, 0.25) is 0 Å². The van der Waals surface area contributed by atoms with E-state index in [1.165, 1.54) is 31.4 Å². The first-order valence-corrected chi connectivity index (χ1v) is 7.07. The monoisotopic (exact) mass is 247 g/mol. The van der Waals surface area contributed by atoms with Crippen molar-refractivity contribution >= 4 is 5.82 Å². The van der Waals surface area contributed by atoms with Crippen LogP contribution in [-0.4, -0.2) is 30.0 Å². The molecule has 1 atom stereocenters. The van der Waals surface area contributed by atoms with E-state index in [0.29, 0.717) is 12.0 Å². The van der Waals surface area contributed by atoms with Crippen LogP contribution in [0.15, 0.2) is 18.3 Å². The number of anilines is 1. The van der Waals surface area contributed by atoms with E-state index < -0.39 is 0 Å². The van der Waals surface area contributed by atoms with Crippen molar-refractivity contribution in [2.24, 2.45) is 5.92 Å². The minimum atomic E-state index is 0.561. The highest BCUT2D eigenvalue weighted by Crippen LogP contribution is 2.29. The summed E-state index contributed by atoms with van der Waals surface area (Å²) in [6, 6.07) is 4.90. The van der Waals surface area contributed by atoms with E-state index >= 15 is 0 Å². The van der Waals surface area contributed by atoms with Crippen LogP contribution in [0.3, 0.4) is 0 Å². The van der Waals surface area contributed by atoms with Gasteiger partial charge in [-0.2, -0.15) is 0 Å². The van der Waals surface area contributed by atoms with Crippen LogP contribution in [0.5, 0.6) is 0 Å². The minimum Gasteiger partial charge on any atom is -0.370 e. The minimum absolute atomic E-state index is 0.561. The normalized spacial score (nSPS) is 21.2. The number of likely N-dealkylation sites (tertiary alicyclic amines) is 1. The Morgan fingerprint density at radius 2 is 2.22 bits per heavy atom. The number of nitrogens with one attached hydrogen (secondary N) is 1. The van der Waals surface area contributed by atoms with E-state index in [2.05, 4.69) is 48.2 Å². The lowest BCUT2D eigenvalue weighted by molar-refractivity contribution is 0.187. The van der Waals surface area contributed by atoms with Crippen LogP contribution < -0.4 is 5.32 Å². The van der Waals surface area contributed by atoms with Crippen LogP contribution in [0.4, 0.5) is 5.82 Å². The van der Waals surface area contributed by atoms with Crippen molar-refractivity contribution in [1.29, 1.82) is 0 Å². The number of hydrogen-bond acceptors (Lipinski definition) is 3. The molecule has 3 nitrogen and oxygen atoms in total. The zero-order valence-electron chi connectivity index (χ0n) is 11.8. The molecule has 2 rings (SSSR count). The molecule has 2 heterocycles. The van der Waals surface area contributed by atoms with E-state index in [0.717, 1.165) is 12.4 Å². The Balaban J connectivity index is 1.98. The van der Waals surface area contributed by atoms with E-state index in [4.69, 9.17) is 0 Å². The molecule has 3 heteroatoms. The largest absolute Gasteiger partial charge is 0.370 e. The molecular weight excluding hydrogens is 222 g/mol. The lowest BCUT2D eigenvalue weighted by Crippen LogP contribution is -2.29. The highest BCUT2D eigenvalue weighted by atomic mass is 15.1. The fourth-order valence-corrected chi connectivity index (χ4v) is 2.51. The number of nitrogens with zero attached hydrogens (tertiary/aromatic N) is 2. The summed E-state index contributed by atoms with van der Waals surface area (Å²) in [6.45, 7) is 6.60. The molecule has 1 aliphatic rings. The number of rotatable bonds is 4. The van der Waals surface area contributed by atoms with Crippen molar-refractivity contribution < 1.29 is 0 Å². The maximum absolute atomic E-state index is 4.52. The van der Waals surface area contributed by atoms with Gasteiger partial charge in [-0.05, 0) is 44.0 Å². The van der Waals surface area contributed by atoms with E-state index in [1.807, 2.05) is 6.20 Å². The molecule has 1 N–H and O–H groups in total. The van der Waals surface area contributed by atoms with Crippen molar-refractivity contribution in [1.82, 2.24) is 9.88 Å². The standard InChI is InChI=1S/C15H25N3/c1-12(2)10-16-15-8-7-13(11-17-15)14-6-4-5-9-18(14)3/h7-8,11-12,14H,4-6,9-10H2,1-3H3,(H,16,17)/t14-/m1/s1. The Bertz CT molecular complexity index is 359. The maximum Gasteiger partial charge on any atom is 0.125 e. The van der Waals surface area contributed by atoms with Crippen LogP contribution in [0, 0.1) is 5.92 Å². The molecule has 0 aliphatic carbocycles. The molecule has 0 spiro atoms. The Labute approximate surface area is 111 Å². The first kappa shape index (κ1) is 13.3. The summed E-state index contributed by atoms with van der Waals surface area (Å²) in [7, 11) is 2.22. The van der Waals surface area contributed by atoms with Crippen molar-refractivity contribution in [2.45, 2.75) is 39.2 Å². The number of piperidine rings is 1. The average molecular weight is 247 g/mol. The first-order chi connectivity index (χ1) is 8.66. The van der Waals surface area contributed by atoms with Gasteiger partial charge in [-0.25, -0.2) is 4.98 Å². The molecule has 0 radical (unpaired) electrons. The van der Waals surface area contributed by atoms with Crippen molar-refractivity contribution in [3.63, 3.8) is 0 Å². The van der Waals surface area contributed by atoms with Gasteiger partial charge < -0.3 is 5.32 Å². The van der Waals surface area contributed by atoms with Gasteiger partial charge in [0.25, 0.3) is 0 Å². The average Bonchev–Trinajstić information content (AvgIpc) is 2.38. The van der Waals surface area contributed by atoms with Crippen LogP contribution in [0.1, 0.15) is 44.7 Å². The van der Waals surface area contributed by atoms with Crippen LogP contribution in [-0.2, 0) is 0 Å². The third kappa shape index (κ3) is 3.45. The van der Waals surface area contributed by atoms with Crippen LogP contribution in [0.25, 0.3) is 0 Å². The van der Waals surface area contributed by atoms with Gasteiger partial charge in [0.15, 0.2) is 0 Å². The van der Waals surface area contributed by atoms with Gasteiger partial charge >= 0.3 is 0 Å². The molecule has 1 aromatic rings. The summed E-state index contributed by atoms with van der Waals surface area (Å²) in [5.74, 6) is 1.64. The van der Waals surface area contributed by atoms with Gasteiger partial charge in [0.2, 0.25) is 0 Å².